The van der Waals surface area contributed by atoms with Crippen molar-refractivity contribution in [2.75, 3.05) is 13.7 Å². The van der Waals surface area contributed by atoms with Gasteiger partial charge in [0.05, 0.1) is 12.2 Å². The zero-order valence-corrected chi connectivity index (χ0v) is 15.1. The fraction of sp³-hybridized carbons (Fsp3) is 0.650. The van der Waals surface area contributed by atoms with Gasteiger partial charge in [0.25, 0.3) is 0 Å². The summed E-state index contributed by atoms with van der Waals surface area (Å²) >= 11 is 0. The van der Waals surface area contributed by atoms with Crippen LogP contribution in [0.25, 0.3) is 0 Å². The van der Waals surface area contributed by atoms with Crippen LogP contribution >= 0.6 is 0 Å². The van der Waals surface area contributed by atoms with Crippen LogP contribution in [0.1, 0.15) is 68.3 Å². The van der Waals surface area contributed by atoms with Gasteiger partial charge < -0.3 is 9.47 Å². The molecular weight excluding hydrogens is 288 g/mol. The Balaban J connectivity index is 2.35. The molecule has 0 bridgehead atoms. The van der Waals surface area contributed by atoms with E-state index < -0.39 is 0 Å². The van der Waals surface area contributed by atoms with E-state index >= 15 is 0 Å². The molecule has 1 aromatic carbocycles. The van der Waals surface area contributed by atoms with Crippen molar-refractivity contribution in [2.24, 2.45) is 5.92 Å². The molecule has 0 aliphatic heterocycles. The number of carbonyl (C=O) groups is 1. The molecule has 0 spiro atoms. The van der Waals surface area contributed by atoms with Gasteiger partial charge in [-0.3, -0.25) is 0 Å². The summed E-state index contributed by atoms with van der Waals surface area (Å²) in [6.45, 7) is 6.96. The van der Waals surface area contributed by atoms with Crippen LogP contribution in [-0.2, 0) is 9.47 Å². The number of hydrogen-bond acceptors (Lipinski definition) is 3. The van der Waals surface area contributed by atoms with E-state index in [0.717, 1.165) is 24.3 Å². The van der Waals surface area contributed by atoms with E-state index in [1.54, 1.807) is 13.2 Å². The Bertz CT molecular complexity index is 454. The number of methoxy groups -OCH3 is 1. The fourth-order valence-electron chi connectivity index (χ4n) is 2.63. The van der Waals surface area contributed by atoms with Gasteiger partial charge >= 0.3 is 5.97 Å². The third-order valence-corrected chi connectivity index (χ3v) is 3.94. The highest BCUT2D eigenvalue weighted by Gasteiger charge is 2.15. The summed E-state index contributed by atoms with van der Waals surface area (Å²) in [6, 6.07) is 7.51. The standard InChI is InChI=1S/C20H32O3/c1-16(2)10-7-5-6-8-13-19(15-22-4)23-20(21)18-12-9-11-17(3)14-18/h9,11-12,14,16,19H,5-8,10,13,15H2,1-4H3. The van der Waals surface area contributed by atoms with E-state index in [4.69, 9.17) is 9.47 Å². The van der Waals surface area contributed by atoms with E-state index in [0.29, 0.717) is 12.2 Å². The van der Waals surface area contributed by atoms with Gasteiger partial charge in [0.1, 0.15) is 6.10 Å². The lowest BCUT2D eigenvalue weighted by Crippen LogP contribution is -2.23. The first-order chi connectivity index (χ1) is 11.0. The van der Waals surface area contributed by atoms with E-state index in [9.17, 15) is 4.79 Å². The predicted molar refractivity (Wildman–Crippen MR) is 94.8 cm³/mol. The van der Waals surface area contributed by atoms with Crippen molar-refractivity contribution in [1.29, 1.82) is 0 Å². The molecule has 0 saturated carbocycles. The number of rotatable bonds is 11. The van der Waals surface area contributed by atoms with Crippen LogP contribution in [0.4, 0.5) is 0 Å². The van der Waals surface area contributed by atoms with Gasteiger partial charge in [0.2, 0.25) is 0 Å². The molecule has 3 nitrogen and oxygen atoms in total. The van der Waals surface area contributed by atoms with Crippen molar-refractivity contribution in [1.82, 2.24) is 0 Å². The first kappa shape index (κ1) is 19.7. The largest absolute Gasteiger partial charge is 0.456 e. The molecule has 0 heterocycles. The van der Waals surface area contributed by atoms with E-state index in [1.807, 2.05) is 25.1 Å². The van der Waals surface area contributed by atoms with Crippen molar-refractivity contribution < 1.29 is 14.3 Å². The zero-order chi connectivity index (χ0) is 17.1. The maximum Gasteiger partial charge on any atom is 0.338 e. The summed E-state index contributed by atoms with van der Waals surface area (Å²) in [6.07, 6.45) is 6.82. The number of carbonyl (C=O) groups excluding carboxylic acids is 1. The number of esters is 1. The minimum atomic E-state index is -0.254. The third-order valence-electron chi connectivity index (χ3n) is 3.94. The Labute approximate surface area is 141 Å². The van der Waals surface area contributed by atoms with Crippen LogP contribution in [0.2, 0.25) is 0 Å². The number of benzene rings is 1. The Kier molecular flexibility index (Phi) is 9.61. The second kappa shape index (κ2) is 11.2. The molecule has 23 heavy (non-hydrogen) atoms. The number of ether oxygens (including phenoxy) is 2. The van der Waals surface area contributed by atoms with Crippen LogP contribution in [0.15, 0.2) is 24.3 Å². The molecule has 0 radical (unpaired) electrons. The monoisotopic (exact) mass is 320 g/mol. The van der Waals surface area contributed by atoms with Crippen molar-refractivity contribution in [3.8, 4) is 0 Å². The molecule has 130 valence electrons. The molecule has 1 atom stereocenters. The first-order valence-electron chi connectivity index (χ1n) is 8.79. The smallest absolute Gasteiger partial charge is 0.338 e. The first-order valence-corrected chi connectivity index (χ1v) is 8.79. The maximum absolute atomic E-state index is 12.2. The zero-order valence-electron chi connectivity index (χ0n) is 15.1. The van der Waals surface area contributed by atoms with Gasteiger partial charge in [0.15, 0.2) is 0 Å². The van der Waals surface area contributed by atoms with Gasteiger partial charge in [-0.25, -0.2) is 4.79 Å². The predicted octanol–water partition coefficient (Wildman–Crippen LogP) is 5.16. The number of unbranched alkanes of at least 4 members (excludes halogenated alkanes) is 3. The molecule has 3 heteroatoms. The second-order valence-electron chi connectivity index (χ2n) is 6.74. The van der Waals surface area contributed by atoms with E-state index in [-0.39, 0.29) is 12.1 Å². The molecule has 0 aliphatic rings. The summed E-state index contributed by atoms with van der Waals surface area (Å²) in [4.78, 5) is 12.2. The Hall–Kier alpha value is -1.35. The minimum absolute atomic E-state index is 0.155. The molecule has 0 N–H and O–H groups in total. The second-order valence-corrected chi connectivity index (χ2v) is 6.74. The van der Waals surface area contributed by atoms with Crippen LogP contribution in [-0.4, -0.2) is 25.8 Å². The summed E-state index contributed by atoms with van der Waals surface area (Å²) < 4.78 is 10.8. The normalized spacial score (nSPS) is 12.4. The molecule has 0 fully saturated rings. The highest BCUT2D eigenvalue weighted by atomic mass is 16.6. The van der Waals surface area contributed by atoms with Gasteiger partial charge in [-0.2, -0.15) is 0 Å². The molecule has 1 rings (SSSR count). The lowest BCUT2D eigenvalue weighted by Gasteiger charge is -2.17. The molecule has 1 aromatic rings. The topological polar surface area (TPSA) is 35.5 Å². The highest BCUT2D eigenvalue weighted by molar-refractivity contribution is 5.89. The van der Waals surface area contributed by atoms with Gasteiger partial charge in [-0.15, -0.1) is 0 Å². The molecule has 0 aromatic heterocycles. The Morgan fingerprint density at radius 1 is 1.09 bits per heavy atom. The fourth-order valence-corrected chi connectivity index (χ4v) is 2.63. The van der Waals surface area contributed by atoms with Crippen LogP contribution in [0, 0.1) is 12.8 Å². The van der Waals surface area contributed by atoms with Gasteiger partial charge in [-0.05, 0) is 37.8 Å². The summed E-state index contributed by atoms with van der Waals surface area (Å²) in [5, 5.41) is 0. The highest BCUT2D eigenvalue weighted by Crippen LogP contribution is 2.14. The van der Waals surface area contributed by atoms with E-state index in [2.05, 4.69) is 13.8 Å². The third kappa shape index (κ3) is 8.75. The van der Waals surface area contributed by atoms with Crippen molar-refractivity contribution >= 4 is 5.97 Å². The maximum atomic E-state index is 12.2. The average molecular weight is 320 g/mol. The van der Waals surface area contributed by atoms with Crippen molar-refractivity contribution in [3.63, 3.8) is 0 Å². The van der Waals surface area contributed by atoms with Crippen LogP contribution in [0.3, 0.4) is 0 Å². The summed E-state index contributed by atoms with van der Waals surface area (Å²) in [5.74, 6) is 0.530. The lowest BCUT2D eigenvalue weighted by atomic mass is 10.0. The van der Waals surface area contributed by atoms with E-state index in [1.165, 1.54) is 25.7 Å². The molecular formula is C20H32O3. The van der Waals surface area contributed by atoms with Gasteiger partial charge in [-0.1, -0.05) is 57.2 Å². The lowest BCUT2D eigenvalue weighted by molar-refractivity contribution is 0.00236. The molecule has 0 amide bonds. The Morgan fingerprint density at radius 3 is 2.39 bits per heavy atom. The summed E-state index contributed by atoms with van der Waals surface area (Å²) in [7, 11) is 1.65. The molecule has 0 aliphatic carbocycles. The van der Waals surface area contributed by atoms with Crippen LogP contribution in [0.5, 0.6) is 0 Å². The number of aryl methyl sites for hydroxylation is 1. The van der Waals surface area contributed by atoms with Gasteiger partial charge in [0, 0.05) is 7.11 Å². The quantitative estimate of drug-likeness (QED) is 0.417. The average Bonchev–Trinajstić information content (AvgIpc) is 2.50. The van der Waals surface area contributed by atoms with Crippen molar-refractivity contribution in [2.45, 2.75) is 65.4 Å². The number of hydrogen-bond donors (Lipinski definition) is 0. The molecule has 1 unspecified atom stereocenters. The van der Waals surface area contributed by atoms with Crippen LogP contribution < -0.4 is 0 Å². The summed E-state index contributed by atoms with van der Waals surface area (Å²) in [5.41, 5.74) is 1.68. The van der Waals surface area contributed by atoms with Crippen molar-refractivity contribution in [3.05, 3.63) is 35.4 Å². The minimum Gasteiger partial charge on any atom is -0.456 e. The molecule has 0 saturated heterocycles. The Morgan fingerprint density at radius 2 is 1.78 bits per heavy atom. The SMILES string of the molecule is COCC(CCCCCCC(C)C)OC(=O)c1cccc(C)c1.